The summed E-state index contributed by atoms with van der Waals surface area (Å²) in [5.74, 6) is -0.798. The van der Waals surface area contributed by atoms with Gasteiger partial charge in [0.05, 0.1) is 11.5 Å². The zero-order valence-electron chi connectivity index (χ0n) is 9.85. The Balaban J connectivity index is 2.67. The molecule has 0 saturated heterocycles. The van der Waals surface area contributed by atoms with Gasteiger partial charge in [0.1, 0.15) is 0 Å². The Morgan fingerprint density at radius 2 is 2.24 bits per heavy atom. The lowest BCUT2D eigenvalue weighted by molar-refractivity contribution is -0.387. The quantitative estimate of drug-likeness (QED) is 0.564. The molecule has 0 N–H and O–H groups in total. The van der Waals surface area contributed by atoms with Crippen LogP contribution in [0.1, 0.15) is 5.56 Å². The average molecular weight is 242 g/mol. The van der Waals surface area contributed by atoms with Crippen LogP contribution in [0.25, 0.3) is 0 Å². The molecule has 0 radical (unpaired) electrons. The fraction of sp³-hybridized carbons (Fsp3) is 0.455. The van der Waals surface area contributed by atoms with Crippen molar-refractivity contribution in [3.63, 3.8) is 0 Å². The van der Waals surface area contributed by atoms with E-state index in [1.807, 2.05) is 11.9 Å². The summed E-state index contributed by atoms with van der Waals surface area (Å²) >= 11 is 0. The topological polar surface area (TPSA) is 55.6 Å². The van der Waals surface area contributed by atoms with Crippen molar-refractivity contribution in [1.29, 1.82) is 0 Å². The van der Waals surface area contributed by atoms with E-state index in [9.17, 15) is 14.5 Å². The van der Waals surface area contributed by atoms with E-state index < -0.39 is 16.4 Å². The molecule has 0 amide bonds. The Hall–Kier alpha value is -1.53. The van der Waals surface area contributed by atoms with Gasteiger partial charge in [-0.15, -0.1) is 0 Å². The van der Waals surface area contributed by atoms with Crippen molar-refractivity contribution in [1.82, 2.24) is 4.90 Å². The van der Waals surface area contributed by atoms with Gasteiger partial charge in [-0.3, -0.25) is 15.0 Å². The monoisotopic (exact) mass is 242 g/mol. The van der Waals surface area contributed by atoms with Gasteiger partial charge in [0, 0.05) is 26.3 Å². The van der Waals surface area contributed by atoms with E-state index in [0.717, 1.165) is 6.54 Å². The van der Waals surface area contributed by atoms with Crippen LogP contribution in [0.4, 0.5) is 10.1 Å². The number of benzene rings is 1. The molecule has 1 aromatic rings. The number of rotatable bonds is 6. The van der Waals surface area contributed by atoms with E-state index in [-0.39, 0.29) is 0 Å². The third kappa shape index (κ3) is 4.08. The van der Waals surface area contributed by atoms with E-state index in [1.165, 1.54) is 12.1 Å². The summed E-state index contributed by atoms with van der Waals surface area (Å²) < 4.78 is 18.2. The minimum atomic E-state index is -0.798. The smallest absolute Gasteiger partial charge is 0.304 e. The molecule has 0 aromatic heterocycles. The summed E-state index contributed by atoms with van der Waals surface area (Å²) in [6.45, 7) is 1.83. The molecule has 0 saturated carbocycles. The lowest BCUT2D eigenvalue weighted by Gasteiger charge is -2.15. The first kappa shape index (κ1) is 13.5. The minimum Gasteiger partial charge on any atom is -0.383 e. The number of methoxy groups -OCH3 is 1. The highest BCUT2D eigenvalue weighted by molar-refractivity contribution is 5.34. The zero-order chi connectivity index (χ0) is 12.8. The highest BCUT2D eigenvalue weighted by Gasteiger charge is 2.14. The molecule has 0 unspecified atom stereocenters. The highest BCUT2D eigenvalue weighted by atomic mass is 19.1. The van der Waals surface area contributed by atoms with Gasteiger partial charge >= 0.3 is 5.69 Å². The molecular weight excluding hydrogens is 227 g/mol. The van der Waals surface area contributed by atoms with E-state index in [0.29, 0.717) is 18.7 Å². The fourth-order valence-corrected chi connectivity index (χ4v) is 1.43. The van der Waals surface area contributed by atoms with Gasteiger partial charge in [-0.05, 0) is 18.7 Å². The maximum atomic E-state index is 13.3. The molecule has 0 fully saturated rings. The minimum absolute atomic E-state index is 0.492. The Kier molecular flexibility index (Phi) is 4.99. The van der Waals surface area contributed by atoms with Crippen LogP contribution in [-0.4, -0.2) is 37.1 Å². The van der Waals surface area contributed by atoms with Gasteiger partial charge in [0.2, 0.25) is 5.82 Å². The third-order valence-electron chi connectivity index (χ3n) is 2.34. The van der Waals surface area contributed by atoms with E-state index in [4.69, 9.17) is 4.74 Å². The summed E-state index contributed by atoms with van der Waals surface area (Å²) in [6.07, 6.45) is 0. The molecule has 5 nitrogen and oxygen atoms in total. The summed E-state index contributed by atoms with van der Waals surface area (Å²) in [7, 11) is 3.48. The molecule has 0 bridgehead atoms. The van der Waals surface area contributed by atoms with Crippen molar-refractivity contribution in [2.45, 2.75) is 6.54 Å². The first-order chi connectivity index (χ1) is 8.04. The van der Waals surface area contributed by atoms with Crippen LogP contribution >= 0.6 is 0 Å². The Bertz CT molecular complexity index is 398. The second-order valence-corrected chi connectivity index (χ2v) is 3.77. The van der Waals surface area contributed by atoms with Crippen LogP contribution in [0.3, 0.4) is 0 Å². The summed E-state index contributed by atoms with van der Waals surface area (Å²) in [6, 6.07) is 3.95. The van der Waals surface area contributed by atoms with Crippen molar-refractivity contribution >= 4 is 5.69 Å². The van der Waals surface area contributed by atoms with Crippen LogP contribution in [-0.2, 0) is 11.3 Å². The first-order valence-electron chi connectivity index (χ1n) is 5.15. The van der Waals surface area contributed by atoms with Crippen LogP contribution in [0.2, 0.25) is 0 Å². The van der Waals surface area contributed by atoms with Crippen molar-refractivity contribution in [3.05, 3.63) is 39.7 Å². The van der Waals surface area contributed by atoms with Gasteiger partial charge in [-0.25, -0.2) is 0 Å². The molecule has 1 aromatic carbocycles. The maximum Gasteiger partial charge on any atom is 0.304 e. The SMILES string of the molecule is COCCN(C)Cc1ccc([N+](=O)[O-])c(F)c1. The van der Waals surface area contributed by atoms with Gasteiger partial charge in [0.15, 0.2) is 0 Å². The number of halogens is 1. The molecule has 0 atom stereocenters. The Labute approximate surface area is 98.9 Å². The van der Waals surface area contributed by atoms with Crippen molar-refractivity contribution in [3.8, 4) is 0 Å². The normalized spacial score (nSPS) is 10.8. The molecule has 94 valence electrons. The summed E-state index contributed by atoms with van der Waals surface area (Å²) in [5.41, 5.74) is 0.208. The number of hydrogen-bond donors (Lipinski definition) is 0. The lowest BCUT2D eigenvalue weighted by atomic mass is 10.2. The Morgan fingerprint density at radius 1 is 1.53 bits per heavy atom. The molecule has 0 spiro atoms. The number of likely N-dealkylation sites (N-methyl/N-ethyl adjacent to an activating group) is 1. The lowest BCUT2D eigenvalue weighted by Crippen LogP contribution is -2.22. The number of hydrogen-bond acceptors (Lipinski definition) is 4. The van der Waals surface area contributed by atoms with Crippen molar-refractivity contribution in [2.24, 2.45) is 0 Å². The number of ether oxygens (including phenoxy) is 1. The average Bonchev–Trinajstić information content (AvgIpc) is 2.26. The van der Waals surface area contributed by atoms with Gasteiger partial charge < -0.3 is 4.74 Å². The van der Waals surface area contributed by atoms with Crippen LogP contribution < -0.4 is 0 Å². The largest absolute Gasteiger partial charge is 0.383 e. The molecule has 0 heterocycles. The predicted molar refractivity (Wildman–Crippen MR) is 61.3 cm³/mol. The van der Waals surface area contributed by atoms with Gasteiger partial charge in [0.25, 0.3) is 0 Å². The zero-order valence-corrected chi connectivity index (χ0v) is 9.85. The fourth-order valence-electron chi connectivity index (χ4n) is 1.43. The first-order valence-corrected chi connectivity index (χ1v) is 5.15. The van der Waals surface area contributed by atoms with Crippen molar-refractivity contribution < 1.29 is 14.1 Å². The molecular formula is C11H15FN2O3. The molecule has 0 aliphatic rings. The molecule has 17 heavy (non-hydrogen) atoms. The summed E-state index contributed by atoms with van der Waals surface area (Å²) in [5, 5.41) is 10.4. The maximum absolute atomic E-state index is 13.3. The molecule has 0 aliphatic heterocycles. The van der Waals surface area contributed by atoms with Crippen molar-refractivity contribution in [2.75, 3.05) is 27.3 Å². The van der Waals surface area contributed by atoms with Crippen LogP contribution in [0, 0.1) is 15.9 Å². The second-order valence-electron chi connectivity index (χ2n) is 3.77. The van der Waals surface area contributed by atoms with Crippen LogP contribution in [0.5, 0.6) is 0 Å². The third-order valence-corrected chi connectivity index (χ3v) is 2.34. The predicted octanol–water partition coefficient (Wildman–Crippen LogP) is 1.81. The van der Waals surface area contributed by atoms with E-state index in [1.54, 1.807) is 13.2 Å². The highest BCUT2D eigenvalue weighted by Crippen LogP contribution is 2.18. The summed E-state index contributed by atoms with van der Waals surface area (Å²) in [4.78, 5) is 11.7. The molecule has 0 aliphatic carbocycles. The standard InChI is InChI=1S/C11H15FN2O3/c1-13(5-6-17-2)8-9-3-4-11(14(15)16)10(12)7-9/h3-4,7H,5-6,8H2,1-2H3. The second kappa shape index (κ2) is 6.27. The van der Waals surface area contributed by atoms with Crippen LogP contribution in [0.15, 0.2) is 18.2 Å². The molecule has 6 heteroatoms. The number of nitrogens with zero attached hydrogens (tertiary/aromatic N) is 2. The van der Waals surface area contributed by atoms with Gasteiger partial charge in [-0.2, -0.15) is 4.39 Å². The van der Waals surface area contributed by atoms with Gasteiger partial charge in [-0.1, -0.05) is 6.07 Å². The van der Waals surface area contributed by atoms with E-state index in [2.05, 4.69) is 0 Å². The van der Waals surface area contributed by atoms with E-state index >= 15 is 0 Å². The molecule has 1 rings (SSSR count). The number of nitro benzene ring substituents is 1. The Morgan fingerprint density at radius 3 is 2.76 bits per heavy atom. The number of nitro groups is 1.